The summed E-state index contributed by atoms with van der Waals surface area (Å²) in [6, 6.07) is 1.44. The Morgan fingerprint density at radius 1 is 1.42 bits per heavy atom. The van der Waals surface area contributed by atoms with E-state index in [1.807, 2.05) is 0 Å². The molecule has 7 heteroatoms. The van der Waals surface area contributed by atoms with Crippen LogP contribution >= 0.6 is 27.5 Å². The SMILES string of the molecule is CC1CCC(NS(=O)(=O)c2cc(Br)cnc2Cl)C1C. The lowest BCUT2D eigenvalue weighted by molar-refractivity contribution is 0.402. The molecule has 0 radical (unpaired) electrons. The lowest BCUT2D eigenvalue weighted by Crippen LogP contribution is -2.37. The van der Waals surface area contributed by atoms with Crippen LogP contribution in [0.5, 0.6) is 0 Å². The minimum Gasteiger partial charge on any atom is -0.242 e. The van der Waals surface area contributed by atoms with Crippen LogP contribution in [0, 0.1) is 11.8 Å². The van der Waals surface area contributed by atoms with E-state index in [1.165, 1.54) is 12.3 Å². The molecular formula is C12H16BrClN2O2S. The zero-order chi connectivity index (χ0) is 14.2. The summed E-state index contributed by atoms with van der Waals surface area (Å²) in [5.41, 5.74) is 0. The third kappa shape index (κ3) is 3.29. The second-order valence-electron chi connectivity index (χ2n) is 5.08. The van der Waals surface area contributed by atoms with E-state index < -0.39 is 10.0 Å². The standard InChI is InChI=1S/C12H16BrClN2O2S/c1-7-3-4-10(8(7)2)16-19(17,18)11-5-9(13)6-15-12(11)14/h5-8,10,16H,3-4H2,1-2H3. The van der Waals surface area contributed by atoms with Gasteiger partial charge in [0.2, 0.25) is 10.0 Å². The van der Waals surface area contributed by atoms with Crippen molar-refractivity contribution in [2.45, 2.75) is 37.6 Å². The molecule has 0 spiro atoms. The Balaban J connectivity index is 2.26. The summed E-state index contributed by atoms with van der Waals surface area (Å²) in [7, 11) is -3.63. The van der Waals surface area contributed by atoms with E-state index in [4.69, 9.17) is 11.6 Å². The topological polar surface area (TPSA) is 59.1 Å². The summed E-state index contributed by atoms with van der Waals surface area (Å²) in [6.45, 7) is 4.22. The van der Waals surface area contributed by atoms with Crippen molar-refractivity contribution >= 4 is 37.6 Å². The van der Waals surface area contributed by atoms with Crippen LogP contribution in [0.25, 0.3) is 0 Å². The van der Waals surface area contributed by atoms with Gasteiger partial charge in [-0.2, -0.15) is 0 Å². The van der Waals surface area contributed by atoms with E-state index in [2.05, 4.69) is 39.5 Å². The van der Waals surface area contributed by atoms with Gasteiger partial charge in [-0.1, -0.05) is 25.4 Å². The van der Waals surface area contributed by atoms with Gasteiger partial charge in [-0.05, 0) is 46.7 Å². The number of pyridine rings is 1. The fraction of sp³-hybridized carbons (Fsp3) is 0.583. The summed E-state index contributed by atoms with van der Waals surface area (Å²) in [6.07, 6.45) is 3.38. The van der Waals surface area contributed by atoms with Crippen molar-refractivity contribution < 1.29 is 8.42 Å². The van der Waals surface area contributed by atoms with Crippen molar-refractivity contribution in [2.75, 3.05) is 0 Å². The first-order valence-corrected chi connectivity index (χ1v) is 8.80. The molecule has 106 valence electrons. The highest BCUT2D eigenvalue weighted by Gasteiger charge is 2.33. The van der Waals surface area contributed by atoms with E-state index in [1.54, 1.807) is 0 Å². The van der Waals surface area contributed by atoms with Gasteiger partial charge in [-0.25, -0.2) is 18.1 Å². The zero-order valence-electron chi connectivity index (χ0n) is 10.7. The van der Waals surface area contributed by atoms with Crippen LogP contribution in [0.15, 0.2) is 21.6 Å². The van der Waals surface area contributed by atoms with Crippen LogP contribution in [-0.2, 0) is 10.0 Å². The maximum atomic E-state index is 12.4. The van der Waals surface area contributed by atoms with E-state index in [9.17, 15) is 8.42 Å². The molecule has 0 saturated heterocycles. The molecule has 3 atom stereocenters. The number of halogens is 2. The summed E-state index contributed by atoms with van der Waals surface area (Å²) >= 11 is 9.09. The van der Waals surface area contributed by atoms with Gasteiger partial charge in [0, 0.05) is 16.7 Å². The van der Waals surface area contributed by atoms with E-state index in [0.29, 0.717) is 16.3 Å². The molecular weight excluding hydrogens is 352 g/mol. The molecule has 1 aromatic rings. The van der Waals surface area contributed by atoms with Crippen molar-refractivity contribution in [1.82, 2.24) is 9.71 Å². The minimum absolute atomic E-state index is 0.00519. The van der Waals surface area contributed by atoms with Crippen LogP contribution in [0.2, 0.25) is 5.15 Å². The molecule has 1 aliphatic carbocycles. The maximum Gasteiger partial charge on any atom is 0.243 e. The molecule has 1 heterocycles. The monoisotopic (exact) mass is 366 g/mol. The molecule has 3 unspecified atom stereocenters. The third-order valence-electron chi connectivity index (χ3n) is 3.83. The molecule has 1 aromatic heterocycles. The van der Waals surface area contributed by atoms with Gasteiger partial charge in [-0.3, -0.25) is 0 Å². The molecule has 19 heavy (non-hydrogen) atoms. The van der Waals surface area contributed by atoms with Gasteiger partial charge in [-0.15, -0.1) is 0 Å². The van der Waals surface area contributed by atoms with Crippen molar-refractivity contribution in [3.63, 3.8) is 0 Å². The zero-order valence-corrected chi connectivity index (χ0v) is 13.9. The Bertz CT molecular complexity index is 579. The van der Waals surface area contributed by atoms with Gasteiger partial charge >= 0.3 is 0 Å². The lowest BCUT2D eigenvalue weighted by Gasteiger charge is -2.19. The van der Waals surface area contributed by atoms with Crippen LogP contribution in [-0.4, -0.2) is 19.4 Å². The molecule has 1 N–H and O–H groups in total. The molecule has 0 aromatic carbocycles. The van der Waals surface area contributed by atoms with Crippen LogP contribution < -0.4 is 4.72 Å². The average molecular weight is 368 g/mol. The molecule has 1 saturated carbocycles. The molecule has 1 aliphatic rings. The van der Waals surface area contributed by atoms with Crippen molar-refractivity contribution in [3.05, 3.63) is 21.9 Å². The fourth-order valence-corrected chi connectivity index (χ4v) is 4.69. The normalized spacial score (nSPS) is 27.7. The fourth-order valence-electron chi connectivity index (χ4n) is 2.39. The molecule has 1 fully saturated rings. The molecule has 4 nitrogen and oxygen atoms in total. The Labute approximate surface area is 127 Å². The van der Waals surface area contributed by atoms with E-state index in [0.717, 1.165) is 12.8 Å². The number of sulfonamides is 1. The van der Waals surface area contributed by atoms with Gasteiger partial charge in [0.15, 0.2) is 0 Å². The number of hydrogen-bond donors (Lipinski definition) is 1. The van der Waals surface area contributed by atoms with E-state index in [-0.39, 0.29) is 16.1 Å². The summed E-state index contributed by atoms with van der Waals surface area (Å²) in [4.78, 5) is 3.88. The summed E-state index contributed by atoms with van der Waals surface area (Å²) in [5, 5.41) is -0.00519. The van der Waals surface area contributed by atoms with Crippen molar-refractivity contribution in [2.24, 2.45) is 11.8 Å². The quantitative estimate of drug-likeness (QED) is 0.835. The number of aromatic nitrogens is 1. The first-order chi connectivity index (χ1) is 8.81. The molecule has 2 rings (SSSR count). The highest BCUT2D eigenvalue weighted by molar-refractivity contribution is 9.10. The number of rotatable bonds is 3. The highest BCUT2D eigenvalue weighted by atomic mass is 79.9. The first-order valence-electron chi connectivity index (χ1n) is 6.14. The third-order valence-corrected chi connectivity index (χ3v) is 6.19. The Morgan fingerprint density at radius 2 is 2.11 bits per heavy atom. The van der Waals surface area contributed by atoms with Crippen LogP contribution in [0.3, 0.4) is 0 Å². The van der Waals surface area contributed by atoms with Gasteiger partial charge in [0.1, 0.15) is 10.0 Å². The van der Waals surface area contributed by atoms with Crippen LogP contribution in [0.1, 0.15) is 26.7 Å². The number of nitrogens with one attached hydrogen (secondary N) is 1. The average Bonchev–Trinajstić information content (AvgIpc) is 2.63. The molecule has 0 aliphatic heterocycles. The van der Waals surface area contributed by atoms with Gasteiger partial charge in [0.25, 0.3) is 0 Å². The number of nitrogens with zero attached hydrogens (tertiary/aromatic N) is 1. The van der Waals surface area contributed by atoms with Crippen molar-refractivity contribution in [3.8, 4) is 0 Å². The predicted octanol–water partition coefficient (Wildman–Crippen LogP) is 3.21. The smallest absolute Gasteiger partial charge is 0.242 e. The van der Waals surface area contributed by atoms with Crippen molar-refractivity contribution in [1.29, 1.82) is 0 Å². The maximum absolute atomic E-state index is 12.4. The molecule has 0 bridgehead atoms. The Hall–Kier alpha value is -0.170. The second kappa shape index (κ2) is 5.68. The number of hydrogen-bond acceptors (Lipinski definition) is 3. The molecule has 0 amide bonds. The van der Waals surface area contributed by atoms with Crippen LogP contribution in [0.4, 0.5) is 0 Å². The second-order valence-corrected chi connectivity index (χ2v) is 8.04. The predicted molar refractivity (Wildman–Crippen MR) is 78.6 cm³/mol. The van der Waals surface area contributed by atoms with Gasteiger partial charge < -0.3 is 0 Å². The van der Waals surface area contributed by atoms with Gasteiger partial charge in [0.05, 0.1) is 0 Å². The van der Waals surface area contributed by atoms with E-state index >= 15 is 0 Å². The summed E-state index contributed by atoms with van der Waals surface area (Å²) < 4.78 is 28.0. The highest BCUT2D eigenvalue weighted by Crippen LogP contribution is 2.32. The summed E-state index contributed by atoms with van der Waals surface area (Å²) in [5.74, 6) is 0.859. The Kier molecular flexibility index (Phi) is 4.55. The minimum atomic E-state index is -3.63. The largest absolute Gasteiger partial charge is 0.243 e. The Morgan fingerprint density at radius 3 is 2.68 bits per heavy atom. The lowest BCUT2D eigenvalue weighted by atomic mass is 9.98. The first kappa shape index (κ1) is 15.2.